The number of aromatic nitrogens is 1. The molecule has 2 aromatic rings. The predicted molar refractivity (Wildman–Crippen MR) is 109 cm³/mol. The number of carbonyl (C=O) groups is 2. The number of hydrogen-bond donors (Lipinski definition) is 0. The van der Waals surface area contributed by atoms with Crippen molar-refractivity contribution in [3.8, 4) is 5.75 Å². The van der Waals surface area contributed by atoms with Crippen molar-refractivity contribution in [1.29, 1.82) is 0 Å². The summed E-state index contributed by atoms with van der Waals surface area (Å²) in [4.78, 5) is 32.8. The topological polar surface area (TPSA) is 68.7 Å². The minimum Gasteiger partial charge on any atom is -0.497 e. The predicted octanol–water partition coefficient (Wildman–Crippen LogP) is 3.87. The van der Waals surface area contributed by atoms with Gasteiger partial charge in [-0.15, -0.1) is 22.9 Å². The molecule has 1 aromatic heterocycles. The molecule has 150 valence electrons. The lowest BCUT2D eigenvalue weighted by atomic mass is 9.77. The lowest BCUT2D eigenvalue weighted by Crippen LogP contribution is -2.41. The molecule has 1 amide bonds. The Balaban J connectivity index is 1.65. The van der Waals surface area contributed by atoms with Gasteiger partial charge in [0.1, 0.15) is 11.9 Å². The van der Waals surface area contributed by atoms with Crippen LogP contribution in [-0.2, 0) is 14.3 Å². The Kier molecular flexibility index (Phi) is 4.59. The van der Waals surface area contributed by atoms with E-state index in [0.717, 1.165) is 12.0 Å². The minimum atomic E-state index is -0.595. The second-order valence-corrected chi connectivity index (χ2v) is 8.94. The molecule has 0 spiro atoms. The van der Waals surface area contributed by atoms with Gasteiger partial charge < -0.3 is 9.47 Å². The van der Waals surface area contributed by atoms with Crippen molar-refractivity contribution >= 4 is 39.8 Å². The van der Waals surface area contributed by atoms with Crippen molar-refractivity contribution < 1.29 is 19.1 Å². The van der Waals surface area contributed by atoms with E-state index in [0.29, 0.717) is 29.3 Å². The molecule has 8 heteroatoms. The van der Waals surface area contributed by atoms with Gasteiger partial charge in [-0.05, 0) is 37.0 Å². The number of carbonyl (C=O) groups excluding carboxylic acids is 2. The van der Waals surface area contributed by atoms with Crippen LogP contribution in [0.3, 0.4) is 0 Å². The molecule has 1 aromatic carbocycles. The SMILES string of the molecule is COc1cccc(C2C3=C(OC4CCC(Cl)CC4C3=O)C(=O)N2c2nccs2)c1. The maximum Gasteiger partial charge on any atom is 0.296 e. The number of halogens is 1. The highest BCUT2D eigenvalue weighted by Crippen LogP contribution is 2.49. The Morgan fingerprint density at radius 1 is 1.31 bits per heavy atom. The van der Waals surface area contributed by atoms with Gasteiger partial charge in [0, 0.05) is 17.0 Å². The van der Waals surface area contributed by atoms with E-state index in [1.54, 1.807) is 18.2 Å². The van der Waals surface area contributed by atoms with Crippen LogP contribution in [0.4, 0.5) is 5.13 Å². The highest BCUT2D eigenvalue weighted by molar-refractivity contribution is 7.13. The van der Waals surface area contributed by atoms with Crippen molar-refractivity contribution in [1.82, 2.24) is 4.98 Å². The van der Waals surface area contributed by atoms with E-state index in [9.17, 15) is 9.59 Å². The van der Waals surface area contributed by atoms with Crippen LogP contribution in [0, 0.1) is 5.92 Å². The van der Waals surface area contributed by atoms with Gasteiger partial charge in [-0.3, -0.25) is 14.5 Å². The summed E-state index contributed by atoms with van der Waals surface area (Å²) in [5, 5.41) is 2.29. The summed E-state index contributed by atoms with van der Waals surface area (Å²) < 4.78 is 11.5. The lowest BCUT2D eigenvalue weighted by Gasteiger charge is -2.37. The normalized spacial score (nSPS) is 28.8. The zero-order valence-corrected chi connectivity index (χ0v) is 17.3. The molecule has 1 saturated carbocycles. The number of anilines is 1. The number of alkyl halides is 1. The third-order valence-corrected chi connectivity index (χ3v) is 6.99. The monoisotopic (exact) mass is 430 g/mol. The van der Waals surface area contributed by atoms with E-state index in [1.807, 2.05) is 29.6 Å². The highest BCUT2D eigenvalue weighted by atomic mass is 35.5. The second kappa shape index (κ2) is 7.15. The number of ketones is 1. The molecular weight excluding hydrogens is 412 g/mol. The van der Waals surface area contributed by atoms with E-state index in [-0.39, 0.29) is 34.8 Å². The molecule has 5 rings (SSSR count). The third kappa shape index (κ3) is 2.95. The zero-order chi connectivity index (χ0) is 20.1. The summed E-state index contributed by atoms with van der Waals surface area (Å²) >= 11 is 7.70. The van der Waals surface area contributed by atoms with Crippen LogP contribution < -0.4 is 9.64 Å². The lowest BCUT2D eigenvalue weighted by molar-refractivity contribution is -0.131. The summed E-state index contributed by atoms with van der Waals surface area (Å²) in [5.74, 6) is 0.141. The number of ether oxygens (including phenoxy) is 2. The number of benzene rings is 1. The van der Waals surface area contributed by atoms with Gasteiger partial charge in [-0.25, -0.2) is 4.98 Å². The molecule has 0 radical (unpaired) electrons. The van der Waals surface area contributed by atoms with Crippen molar-refractivity contribution in [2.75, 3.05) is 12.0 Å². The van der Waals surface area contributed by atoms with E-state index in [1.165, 1.54) is 11.3 Å². The van der Waals surface area contributed by atoms with E-state index in [2.05, 4.69) is 4.98 Å². The summed E-state index contributed by atoms with van der Waals surface area (Å²) in [6.45, 7) is 0. The molecule has 2 aliphatic heterocycles. The molecule has 1 fully saturated rings. The molecule has 0 bridgehead atoms. The van der Waals surface area contributed by atoms with Crippen molar-refractivity contribution in [2.45, 2.75) is 36.8 Å². The standard InChI is InChI=1S/C21H19ClN2O4S/c1-27-13-4-2-3-11(9-13)17-16-18(25)14-10-12(22)5-6-15(14)28-19(16)20(26)24(17)21-23-7-8-29-21/h2-4,7-9,12,14-15,17H,5-6,10H2,1H3. The second-order valence-electron chi connectivity index (χ2n) is 7.45. The third-order valence-electron chi connectivity index (χ3n) is 5.82. The molecule has 1 aliphatic carbocycles. The van der Waals surface area contributed by atoms with Crippen LogP contribution in [0.5, 0.6) is 5.75 Å². The van der Waals surface area contributed by atoms with Gasteiger partial charge in [-0.2, -0.15) is 0 Å². The first kappa shape index (κ1) is 18.6. The van der Waals surface area contributed by atoms with Gasteiger partial charge in [0.25, 0.3) is 5.91 Å². The minimum absolute atomic E-state index is 0.0400. The fourth-order valence-electron chi connectivity index (χ4n) is 4.47. The van der Waals surface area contributed by atoms with Crippen LogP contribution in [0.1, 0.15) is 30.9 Å². The maximum atomic E-state index is 13.6. The summed E-state index contributed by atoms with van der Waals surface area (Å²) in [7, 11) is 1.59. The first-order valence-electron chi connectivity index (χ1n) is 9.54. The van der Waals surface area contributed by atoms with E-state index < -0.39 is 6.04 Å². The smallest absolute Gasteiger partial charge is 0.296 e. The number of thiazole rings is 1. The Hall–Kier alpha value is -2.38. The average molecular weight is 431 g/mol. The first-order chi connectivity index (χ1) is 14.1. The Morgan fingerprint density at radius 2 is 2.17 bits per heavy atom. The van der Waals surface area contributed by atoms with Crippen molar-refractivity contribution in [3.63, 3.8) is 0 Å². The summed E-state index contributed by atoms with van der Waals surface area (Å²) in [6, 6.07) is 6.82. The largest absolute Gasteiger partial charge is 0.497 e. The number of Topliss-reactive ketones (excluding diaryl/α,β-unsaturated/α-hetero) is 1. The van der Waals surface area contributed by atoms with Crippen LogP contribution in [0.2, 0.25) is 0 Å². The highest BCUT2D eigenvalue weighted by Gasteiger charge is 2.53. The Labute approximate surface area is 177 Å². The average Bonchev–Trinajstić information content (AvgIpc) is 3.35. The van der Waals surface area contributed by atoms with E-state index in [4.69, 9.17) is 21.1 Å². The number of hydrogen-bond acceptors (Lipinski definition) is 6. The van der Waals surface area contributed by atoms with Crippen LogP contribution >= 0.6 is 22.9 Å². The van der Waals surface area contributed by atoms with Crippen LogP contribution in [-0.4, -0.2) is 35.3 Å². The van der Waals surface area contributed by atoms with Gasteiger partial charge in [0.15, 0.2) is 16.7 Å². The number of fused-ring (bicyclic) bond motifs is 1. The molecule has 6 nitrogen and oxygen atoms in total. The molecule has 0 saturated heterocycles. The van der Waals surface area contributed by atoms with Gasteiger partial charge in [0.05, 0.1) is 24.6 Å². The maximum absolute atomic E-state index is 13.6. The molecule has 4 atom stereocenters. The van der Waals surface area contributed by atoms with Gasteiger partial charge in [0.2, 0.25) is 0 Å². The molecule has 3 aliphatic rings. The Bertz CT molecular complexity index is 1010. The first-order valence-corrected chi connectivity index (χ1v) is 10.9. The van der Waals surface area contributed by atoms with Crippen LogP contribution in [0.25, 0.3) is 0 Å². The molecule has 0 N–H and O–H groups in total. The van der Waals surface area contributed by atoms with Crippen LogP contribution in [0.15, 0.2) is 47.2 Å². The van der Waals surface area contributed by atoms with E-state index >= 15 is 0 Å². The fraction of sp³-hybridized carbons (Fsp3) is 0.381. The van der Waals surface area contributed by atoms with Crippen molar-refractivity contribution in [2.24, 2.45) is 5.92 Å². The summed E-state index contributed by atoms with van der Waals surface area (Å²) in [6.07, 6.45) is 3.38. The molecule has 3 heterocycles. The summed E-state index contributed by atoms with van der Waals surface area (Å²) in [5.41, 5.74) is 1.19. The quantitative estimate of drug-likeness (QED) is 0.691. The number of rotatable bonds is 3. The molecule has 29 heavy (non-hydrogen) atoms. The molecular formula is C21H19ClN2O4S. The van der Waals surface area contributed by atoms with Gasteiger partial charge >= 0.3 is 0 Å². The molecule has 4 unspecified atom stereocenters. The fourth-order valence-corrected chi connectivity index (χ4v) is 5.46. The number of methoxy groups -OCH3 is 1. The van der Waals surface area contributed by atoms with Crippen molar-refractivity contribution in [3.05, 3.63) is 52.7 Å². The number of amides is 1. The van der Waals surface area contributed by atoms with Gasteiger partial charge in [-0.1, -0.05) is 12.1 Å². The Morgan fingerprint density at radius 3 is 2.93 bits per heavy atom. The zero-order valence-electron chi connectivity index (χ0n) is 15.7. The number of nitrogens with zero attached hydrogens (tertiary/aromatic N) is 2.